The standard InChI is InChI=1S/C22H21NO9/c1-31-14(25)8-32-13-7-11-6-10-5-9-3-2-4-12(24)15(9)18(26)16(10)19(27)22(11,30)20(28)17(13)21(23)29/h2-4,10-11,24,26,30H,5-8H2,1H3,(H2,23,29)/t10-,11-,22-/m0/s1. The first-order valence-electron chi connectivity index (χ1n) is 9.90. The molecule has 3 aliphatic rings. The number of primary amides is 1. The van der Waals surface area contributed by atoms with Crippen LogP contribution in [-0.2, 0) is 35.1 Å². The number of phenols is 1. The van der Waals surface area contributed by atoms with E-state index in [1.807, 2.05) is 0 Å². The fourth-order valence-corrected chi connectivity index (χ4v) is 4.87. The number of methoxy groups -OCH3 is 1. The minimum absolute atomic E-state index is 0.0742. The SMILES string of the molecule is COC(=O)COC1=C(C(N)=O)C(=O)[C@@]2(O)C(=O)C3=C(O)c4c(O)cccc4C[C@H]3C[C@H]2C1. The summed E-state index contributed by atoms with van der Waals surface area (Å²) in [7, 11) is 1.14. The lowest BCUT2D eigenvalue weighted by atomic mass is 9.58. The number of Topliss-reactive ketones (excluding diaryl/α,β-unsaturated/α-hetero) is 2. The van der Waals surface area contributed by atoms with Crippen molar-refractivity contribution in [2.24, 2.45) is 17.6 Å². The van der Waals surface area contributed by atoms with E-state index in [4.69, 9.17) is 10.5 Å². The zero-order valence-corrected chi connectivity index (χ0v) is 17.1. The number of carbonyl (C=O) groups excluding carboxylic acids is 4. The molecule has 0 radical (unpaired) electrons. The Morgan fingerprint density at radius 3 is 2.56 bits per heavy atom. The molecule has 32 heavy (non-hydrogen) atoms. The highest BCUT2D eigenvalue weighted by Gasteiger charge is 2.61. The lowest BCUT2D eigenvalue weighted by Crippen LogP contribution is -2.61. The van der Waals surface area contributed by atoms with Gasteiger partial charge in [-0.15, -0.1) is 0 Å². The molecule has 3 aliphatic carbocycles. The summed E-state index contributed by atoms with van der Waals surface area (Å²) in [6.07, 6.45) is 0.209. The van der Waals surface area contributed by atoms with E-state index in [9.17, 15) is 34.5 Å². The third kappa shape index (κ3) is 2.98. The smallest absolute Gasteiger partial charge is 0.343 e. The molecule has 1 saturated carbocycles. The monoisotopic (exact) mass is 443 g/mol. The molecule has 1 aromatic rings. The van der Waals surface area contributed by atoms with Gasteiger partial charge >= 0.3 is 5.97 Å². The first-order valence-corrected chi connectivity index (χ1v) is 9.90. The second-order valence-electron chi connectivity index (χ2n) is 8.06. The van der Waals surface area contributed by atoms with Gasteiger partial charge in [0.05, 0.1) is 12.7 Å². The zero-order valence-electron chi connectivity index (χ0n) is 17.1. The van der Waals surface area contributed by atoms with Crippen molar-refractivity contribution in [1.82, 2.24) is 0 Å². The number of rotatable bonds is 4. The molecule has 1 amide bonds. The van der Waals surface area contributed by atoms with Gasteiger partial charge in [-0.1, -0.05) is 12.1 Å². The summed E-state index contributed by atoms with van der Waals surface area (Å²) in [5.41, 5.74) is 2.50. The Bertz CT molecular complexity index is 1130. The maximum absolute atomic E-state index is 13.4. The maximum Gasteiger partial charge on any atom is 0.343 e. The number of benzene rings is 1. The van der Waals surface area contributed by atoms with E-state index in [1.165, 1.54) is 6.07 Å². The van der Waals surface area contributed by atoms with Crippen molar-refractivity contribution in [1.29, 1.82) is 0 Å². The normalized spacial score (nSPS) is 26.8. The molecule has 0 heterocycles. The number of esters is 1. The molecular formula is C22H21NO9. The lowest BCUT2D eigenvalue weighted by molar-refractivity contribution is -0.159. The van der Waals surface area contributed by atoms with Gasteiger partial charge in [0.25, 0.3) is 5.91 Å². The van der Waals surface area contributed by atoms with Crippen molar-refractivity contribution >= 4 is 29.2 Å². The number of aromatic hydroxyl groups is 1. The van der Waals surface area contributed by atoms with Gasteiger partial charge in [-0.2, -0.15) is 0 Å². The molecule has 5 N–H and O–H groups in total. The van der Waals surface area contributed by atoms with Gasteiger partial charge in [0, 0.05) is 17.9 Å². The summed E-state index contributed by atoms with van der Waals surface area (Å²) < 4.78 is 9.79. The first-order chi connectivity index (χ1) is 15.1. The van der Waals surface area contributed by atoms with Crippen LogP contribution in [0.15, 0.2) is 35.1 Å². The van der Waals surface area contributed by atoms with Crippen LogP contribution in [0.5, 0.6) is 5.75 Å². The van der Waals surface area contributed by atoms with Crippen LogP contribution in [0.3, 0.4) is 0 Å². The van der Waals surface area contributed by atoms with Gasteiger partial charge in [-0.3, -0.25) is 14.4 Å². The maximum atomic E-state index is 13.4. The molecule has 0 bridgehead atoms. The second kappa shape index (κ2) is 7.49. The van der Waals surface area contributed by atoms with Crippen LogP contribution in [0, 0.1) is 11.8 Å². The van der Waals surface area contributed by atoms with Crippen molar-refractivity contribution in [3.05, 3.63) is 46.2 Å². The predicted octanol–water partition coefficient (Wildman–Crippen LogP) is 0.0555. The summed E-state index contributed by atoms with van der Waals surface area (Å²) in [6.45, 7) is -0.586. The number of hydrogen-bond acceptors (Lipinski definition) is 9. The Kier molecular flexibility index (Phi) is 5.04. The highest BCUT2D eigenvalue weighted by molar-refractivity contribution is 6.32. The molecule has 0 aromatic heterocycles. The molecule has 0 saturated heterocycles. The van der Waals surface area contributed by atoms with E-state index >= 15 is 0 Å². The van der Waals surface area contributed by atoms with Crippen LogP contribution < -0.4 is 5.73 Å². The quantitative estimate of drug-likeness (QED) is 0.285. The Morgan fingerprint density at radius 1 is 1.19 bits per heavy atom. The molecule has 3 atom stereocenters. The summed E-state index contributed by atoms with van der Waals surface area (Å²) in [6, 6.07) is 4.67. The molecule has 168 valence electrons. The summed E-state index contributed by atoms with van der Waals surface area (Å²) in [4.78, 5) is 50.0. The number of amides is 1. The van der Waals surface area contributed by atoms with Crippen LogP contribution in [-0.4, -0.2) is 58.1 Å². The molecular weight excluding hydrogens is 422 g/mol. The fraction of sp³-hybridized carbons (Fsp3) is 0.364. The van der Waals surface area contributed by atoms with Gasteiger partial charge in [-0.25, -0.2) is 4.79 Å². The minimum Gasteiger partial charge on any atom is -0.507 e. The molecule has 1 aromatic carbocycles. The van der Waals surface area contributed by atoms with Crippen LogP contribution in [0.4, 0.5) is 0 Å². The average molecular weight is 443 g/mol. The topological polar surface area (TPSA) is 173 Å². The van der Waals surface area contributed by atoms with E-state index in [1.54, 1.807) is 12.1 Å². The Balaban J connectivity index is 1.80. The third-order valence-corrected chi connectivity index (χ3v) is 6.37. The van der Waals surface area contributed by atoms with E-state index in [2.05, 4.69) is 4.74 Å². The highest BCUT2D eigenvalue weighted by Crippen LogP contribution is 2.51. The van der Waals surface area contributed by atoms with Gasteiger partial charge in [0.1, 0.15) is 22.8 Å². The molecule has 0 unspecified atom stereocenters. The van der Waals surface area contributed by atoms with E-state index < -0.39 is 58.8 Å². The lowest BCUT2D eigenvalue weighted by Gasteiger charge is -2.46. The summed E-state index contributed by atoms with van der Waals surface area (Å²) in [5.74, 6) is -6.70. The number of hydrogen-bond donors (Lipinski definition) is 4. The third-order valence-electron chi connectivity index (χ3n) is 6.37. The molecule has 10 nitrogen and oxygen atoms in total. The van der Waals surface area contributed by atoms with Crippen molar-refractivity contribution in [2.45, 2.75) is 24.9 Å². The number of allylic oxidation sites excluding steroid dienone is 1. The van der Waals surface area contributed by atoms with Gasteiger partial charge in [0.2, 0.25) is 11.6 Å². The molecule has 0 aliphatic heterocycles. The molecule has 10 heteroatoms. The van der Waals surface area contributed by atoms with E-state index in [0.29, 0.717) is 12.0 Å². The number of phenolic OH excluding ortho intramolecular Hbond substituents is 1. The first kappa shape index (κ1) is 21.6. The van der Waals surface area contributed by atoms with Crippen molar-refractivity contribution in [3.8, 4) is 5.75 Å². The number of aliphatic hydroxyl groups is 2. The van der Waals surface area contributed by atoms with Crippen LogP contribution in [0.2, 0.25) is 0 Å². The largest absolute Gasteiger partial charge is 0.507 e. The number of aliphatic hydroxyl groups excluding tert-OH is 1. The van der Waals surface area contributed by atoms with E-state index in [0.717, 1.165) is 7.11 Å². The number of nitrogens with two attached hydrogens (primary N) is 1. The van der Waals surface area contributed by atoms with Crippen LogP contribution in [0.25, 0.3) is 5.76 Å². The number of ether oxygens (including phenoxy) is 2. The number of carbonyl (C=O) groups is 4. The minimum atomic E-state index is -2.63. The summed E-state index contributed by atoms with van der Waals surface area (Å²) in [5, 5.41) is 32.2. The number of fused-ring (bicyclic) bond motifs is 3. The summed E-state index contributed by atoms with van der Waals surface area (Å²) >= 11 is 0. The van der Waals surface area contributed by atoms with Crippen LogP contribution in [0.1, 0.15) is 24.0 Å². The van der Waals surface area contributed by atoms with Crippen molar-refractivity contribution < 1.29 is 44.0 Å². The zero-order chi connectivity index (χ0) is 23.4. The predicted molar refractivity (Wildman–Crippen MR) is 107 cm³/mol. The molecule has 1 fully saturated rings. The fourth-order valence-electron chi connectivity index (χ4n) is 4.87. The molecule has 4 rings (SSSR count). The highest BCUT2D eigenvalue weighted by atomic mass is 16.6. The molecule has 0 spiro atoms. The average Bonchev–Trinajstić information content (AvgIpc) is 2.74. The Labute approximate surface area is 181 Å². The van der Waals surface area contributed by atoms with Gasteiger partial charge in [-0.05, 0) is 30.4 Å². The van der Waals surface area contributed by atoms with Crippen LogP contribution >= 0.6 is 0 Å². The van der Waals surface area contributed by atoms with Crippen molar-refractivity contribution in [2.75, 3.05) is 13.7 Å². The Morgan fingerprint density at radius 2 is 1.91 bits per heavy atom. The second-order valence-corrected chi connectivity index (χ2v) is 8.06. The Hall–Kier alpha value is -3.66. The van der Waals surface area contributed by atoms with Gasteiger partial charge in [0.15, 0.2) is 12.2 Å². The van der Waals surface area contributed by atoms with E-state index in [-0.39, 0.29) is 35.5 Å². The van der Waals surface area contributed by atoms with Gasteiger partial charge < -0.3 is 30.5 Å². The van der Waals surface area contributed by atoms with Crippen molar-refractivity contribution in [3.63, 3.8) is 0 Å². The number of ketones is 2.